The Kier molecular flexibility index (Phi) is 8.69. The van der Waals surface area contributed by atoms with E-state index in [0.29, 0.717) is 19.4 Å². The minimum atomic E-state index is -0.790. The Balaban J connectivity index is 1.30. The number of likely N-dealkylation sites (tertiary alicyclic amines) is 1. The smallest absolute Gasteiger partial charge is 0.310 e. The summed E-state index contributed by atoms with van der Waals surface area (Å²) in [6.07, 6.45) is 7.88. The number of hydrogen-bond donors (Lipinski definition) is 4. The van der Waals surface area contributed by atoms with E-state index >= 15 is 0 Å². The summed E-state index contributed by atoms with van der Waals surface area (Å²) in [6.45, 7) is 8.71. The Bertz CT molecular complexity index is 1170. The summed E-state index contributed by atoms with van der Waals surface area (Å²) < 4.78 is 6.01. The average molecular weight is 507 g/mol. The molecule has 1 heterocycles. The number of hydrogen-bond acceptors (Lipinski definition) is 6. The average Bonchev–Trinajstić information content (AvgIpc) is 3.27. The van der Waals surface area contributed by atoms with Gasteiger partial charge in [-0.15, -0.1) is 0 Å². The molecule has 2 unspecified atom stereocenters. The number of phenolic OH excluding ortho intramolecular Hbond substituents is 2. The Morgan fingerprint density at radius 1 is 1.19 bits per heavy atom. The molecule has 7 heteroatoms. The molecule has 2 aliphatic rings. The second-order valence-corrected chi connectivity index (χ2v) is 10.3. The van der Waals surface area contributed by atoms with Crippen LogP contribution in [0.2, 0.25) is 0 Å². The van der Waals surface area contributed by atoms with Gasteiger partial charge >= 0.3 is 5.97 Å². The van der Waals surface area contributed by atoms with Crippen molar-refractivity contribution in [3.8, 4) is 22.6 Å². The number of rotatable bonds is 10. The quantitative estimate of drug-likeness (QED) is 0.271. The molecule has 1 fully saturated rings. The highest BCUT2D eigenvalue weighted by Crippen LogP contribution is 2.31. The van der Waals surface area contributed by atoms with E-state index in [-0.39, 0.29) is 23.5 Å². The first kappa shape index (κ1) is 26.9. The number of carboxylic acid groups (broad SMARTS) is 1. The number of nitrogens with zero attached hydrogens (tertiary/aromatic N) is 1. The predicted octanol–water partition coefficient (Wildman–Crippen LogP) is 4.82. The van der Waals surface area contributed by atoms with Crippen LogP contribution in [0.4, 0.5) is 0 Å². The zero-order valence-corrected chi connectivity index (χ0v) is 21.9. The number of carboxylic acids is 1. The molecule has 1 saturated heterocycles. The molecule has 4 atom stereocenters. The molecule has 7 nitrogen and oxygen atoms in total. The van der Waals surface area contributed by atoms with E-state index in [1.54, 1.807) is 24.3 Å². The van der Waals surface area contributed by atoms with Gasteiger partial charge in [0, 0.05) is 18.6 Å². The molecule has 4 N–H and O–H groups in total. The minimum Gasteiger partial charge on any atom is -0.508 e. The molecular weight excluding hydrogens is 468 g/mol. The van der Waals surface area contributed by atoms with Crippen LogP contribution in [0.5, 0.6) is 11.5 Å². The van der Waals surface area contributed by atoms with Gasteiger partial charge in [-0.3, -0.25) is 15.0 Å². The molecule has 1 aliphatic heterocycles. The van der Waals surface area contributed by atoms with Gasteiger partial charge in [0.05, 0.1) is 19.3 Å². The summed E-state index contributed by atoms with van der Waals surface area (Å²) in [5.41, 5.74) is 5.02. The highest BCUT2D eigenvalue weighted by Gasteiger charge is 2.26. The summed E-state index contributed by atoms with van der Waals surface area (Å²) in [7, 11) is 0. The van der Waals surface area contributed by atoms with Gasteiger partial charge < -0.3 is 20.1 Å². The molecule has 37 heavy (non-hydrogen) atoms. The molecule has 0 spiro atoms. The van der Waals surface area contributed by atoms with Crippen molar-refractivity contribution in [3.63, 3.8) is 0 Å². The number of phenols is 2. The topological polar surface area (TPSA) is 102 Å². The molecule has 0 amide bonds. The van der Waals surface area contributed by atoms with Gasteiger partial charge in [0.25, 0.3) is 0 Å². The third kappa shape index (κ3) is 6.80. The molecule has 4 rings (SSSR count). The molecule has 0 aromatic heterocycles. The Morgan fingerprint density at radius 3 is 2.73 bits per heavy atom. The van der Waals surface area contributed by atoms with E-state index in [2.05, 4.69) is 23.2 Å². The number of aliphatic carboxylic acids is 1. The number of nitrogens with one attached hydrogen (secondary N) is 1. The number of aromatic hydroxyl groups is 2. The van der Waals surface area contributed by atoms with Gasteiger partial charge in [-0.25, -0.2) is 0 Å². The summed E-state index contributed by atoms with van der Waals surface area (Å²) in [5.74, 6) is -0.820. The second-order valence-electron chi connectivity index (χ2n) is 10.3. The summed E-state index contributed by atoms with van der Waals surface area (Å²) in [6, 6.07) is 11.4. The molecular formula is C30H38N2O5. The lowest BCUT2D eigenvalue weighted by Crippen LogP contribution is -2.36. The number of ether oxygens (including phenoxy) is 1. The standard InChI is InChI=1S/C30H38N2O5/c1-19-11-23(6-8-29(19)30(35)36)21(3)31-18-37-17-25-5-4-10-32(25)16-22-13-24(15-27(34)14-22)28-9-7-26(33)12-20(28)2/h6-9,11-15,19,21,25,29,31,33-34H,4-5,10,16-18H2,1-3H3,(H,35,36)/t19?,21-,25+,29?/m0/s1. The third-order valence-electron chi connectivity index (χ3n) is 7.49. The van der Waals surface area contributed by atoms with E-state index in [9.17, 15) is 20.1 Å². The van der Waals surface area contributed by atoms with Crippen LogP contribution in [0.15, 0.2) is 60.2 Å². The van der Waals surface area contributed by atoms with E-state index in [1.165, 1.54) is 0 Å². The van der Waals surface area contributed by atoms with Gasteiger partial charge in [0.1, 0.15) is 11.5 Å². The van der Waals surface area contributed by atoms with Crippen molar-refractivity contribution in [3.05, 3.63) is 71.3 Å². The van der Waals surface area contributed by atoms with Crippen molar-refractivity contribution in [1.29, 1.82) is 0 Å². The number of aryl methyl sites for hydroxylation is 1. The van der Waals surface area contributed by atoms with Crippen LogP contribution in [0.1, 0.15) is 37.8 Å². The van der Waals surface area contributed by atoms with Crippen LogP contribution in [0.25, 0.3) is 11.1 Å². The largest absolute Gasteiger partial charge is 0.508 e. The van der Waals surface area contributed by atoms with E-state index in [0.717, 1.165) is 53.8 Å². The fourth-order valence-electron chi connectivity index (χ4n) is 5.36. The van der Waals surface area contributed by atoms with Gasteiger partial charge in [-0.05, 0) is 97.3 Å². The Morgan fingerprint density at radius 2 is 2.00 bits per heavy atom. The van der Waals surface area contributed by atoms with Crippen LogP contribution < -0.4 is 5.32 Å². The SMILES string of the molecule is Cc1cc(O)ccc1-c1cc(O)cc(CN2CCC[C@@H]2COCN[C@@H](C)C2=CC(C)C(C(=O)O)C=C2)c1. The fraction of sp³-hybridized carbons (Fsp3) is 0.433. The maximum absolute atomic E-state index is 11.3. The molecule has 0 saturated carbocycles. The maximum atomic E-state index is 11.3. The molecule has 198 valence electrons. The first-order chi connectivity index (χ1) is 17.7. The van der Waals surface area contributed by atoms with Crippen molar-refractivity contribution in [2.75, 3.05) is 19.9 Å². The number of carbonyl (C=O) groups is 1. The van der Waals surface area contributed by atoms with Gasteiger partial charge in [-0.1, -0.05) is 31.2 Å². The zero-order valence-electron chi connectivity index (χ0n) is 21.9. The van der Waals surface area contributed by atoms with Crippen molar-refractivity contribution in [1.82, 2.24) is 10.2 Å². The van der Waals surface area contributed by atoms with E-state index in [4.69, 9.17) is 4.74 Å². The van der Waals surface area contributed by atoms with Crippen LogP contribution in [-0.4, -0.2) is 58.2 Å². The zero-order chi connectivity index (χ0) is 26.5. The summed E-state index contributed by atoms with van der Waals surface area (Å²) in [5, 5.41) is 32.8. The molecule has 2 aromatic carbocycles. The van der Waals surface area contributed by atoms with Gasteiger partial charge in [0.2, 0.25) is 0 Å². The first-order valence-electron chi connectivity index (χ1n) is 13.0. The van der Waals surface area contributed by atoms with Crippen molar-refractivity contribution in [2.45, 2.75) is 52.2 Å². The second kappa shape index (κ2) is 11.9. The van der Waals surface area contributed by atoms with Crippen molar-refractivity contribution in [2.24, 2.45) is 11.8 Å². The van der Waals surface area contributed by atoms with E-state index in [1.807, 2.05) is 38.1 Å². The fourth-order valence-corrected chi connectivity index (χ4v) is 5.36. The molecule has 0 bridgehead atoms. The van der Waals surface area contributed by atoms with Gasteiger partial charge in [-0.2, -0.15) is 0 Å². The van der Waals surface area contributed by atoms with Crippen LogP contribution in [0.3, 0.4) is 0 Å². The molecule has 1 aliphatic carbocycles. The van der Waals surface area contributed by atoms with Crippen LogP contribution in [-0.2, 0) is 16.1 Å². The predicted molar refractivity (Wildman–Crippen MR) is 144 cm³/mol. The minimum absolute atomic E-state index is 0.0365. The van der Waals surface area contributed by atoms with Crippen LogP contribution in [0, 0.1) is 18.8 Å². The summed E-state index contributed by atoms with van der Waals surface area (Å²) in [4.78, 5) is 13.7. The lowest BCUT2D eigenvalue weighted by Gasteiger charge is -2.26. The molecule has 2 aromatic rings. The van der Waals surface area contributed by atoms with Crippen molar-refractivity contribution < 1.29 is 24.9 Å². The van der Waals surface area contributed by atoms with Crippen molar-refractivity contribution >= 4 is 5.97 Å². The highest BCUT2D eigenvalue weighted by atomic mass is 16.5. The maximum Gasteiger partial charge on any atom is 0.310 e. The van der Waals surface area contributed by atoms with Gasteiger partial charge in [0.15, 0.2) is 0 Å². The number of allylic oxidation sites excluding steroid dienone is 1. The van der Waals surface area contributed by atoms with E-state index < -0.39 is 11.9 Å². The first-order valence-corrected chi connectivity index (χ1v) is 13.0. The normalized spacial score (nSPS) is 22.7. The molecule has 0 radical (unpaired) electrons. The monoisotopic (exact) mass is 506 g/mol. The lowest BCUT2D eigenvalue weighted by atomic mass is 9.85. The third-order valence-corrected chi connectivity index (χ3v) is 7.49. The highest BCUT2D eigenvalue weighted by molar-refractivity contribution is 5.73. The number of benzene rings is 2. The lowest BCUT2D eigenvalue weighted by molar-refractivity contribution is -0.141. The van der Waals surface area contributed by atoms with Crippen LogP contribution >= 0.6 is 0 Å². The Hall–Kier alpha value is -3.13. The summed E-state index contributed by atoms with van der Waals surface area (Å²) >= 11 is 0. The Labute approximate surface area is 219 Å².